The van der Waals surface area contributed by atoms with Gasteiger partial charge in [-0.3, -0.25) is 13.9 Å². The minimum absolute atomic E-state index is 0.00210. The van der Waals surface area contributed by atoms with Crippen LogP contribution in [-0.2, 0) is 26.0 Å². The number of halogens is 1. The van der Waals surface area contributed by atoms with Crippen molar-refractivity contribution in [3.05, 3.63) is 88.4 Å². The van der Waals surface area contributed by atoms with E-state index in [2.05, 4.69) is 21.2 Å². The first-order chi connectivity index (χ1) is 18.6. The van der Waals surface area contributed by atoms with E-state index in [1.807, 2.05) is 44.2 Å². The molecule has 39 heavy (non-hydrogen) atoms. The van der Waals surface area contributed by atoms with Gasteiger partial charge in [0.15, 0.2) is 0 Å². The molecular formula is C29H34BrN3O5S. The first kappa shape index (κ1) is 30.2. The van der Waals surface area contributed by atoms with Crippen molar-refractivity contribution < 1.29 is 22.7 Å². The highest BCUT2D eigenvalue weighted by Gasteiger charge is 2.33. The van der Waals surface area contributed by atoms with E-state index in [0.717, 1.165) is 15.4 Å². The number of rotatable bonds is 12. The number of benzene rings is 3. The number of nitrogens with zero attached hydrogens (tertiary/aromatic N) is 2. The molecule has 1 N–H and O–H groups in total. The number of methoxy groups -OCH3 is 1. The van der Waals surface area contributed by atoms with E-state index in [-0.39, 0.29) is 17.3 Å². The number of amides is 2. The van der Waals surface area contributed by atoms with Gasteiger partial charge in [-0.05, 0) is 71.6 Å². The van der Waals surface area contributed by atoms with Crippen molar-refractivity contribution in [3.8, 4) is 5.75 Å². The topological polar surface area (TPSA) is 96.0 Å². The average Bonchev–Trinajstić information content (AvgIpc) is 2.94. The summed E-state index contributed by atoms with van der Waals surface area (Å²) in [6.07, 6.45) is 0.895. The summed E-state index contributed by atoms with van der Waals surface area (Å²) in [5.41, 5.74) is 2.30. The third-order valence-corrected chi connectivity index (χ3v) is 8.82. The lowest BCUT2D eigenvalue weighted by molar-refractivity contribution is -0.139. The van der Waals surface area contributed by atoms with Crippen molar-refractivity contribution >= 4 is 43.5 Å². The van der Waals surface area contributed by atoms with Crippen LogP contribution < -0.4 is 14.4 Å². The molecule has 1 atom stereocenters. The Bertz CT molecular complexity index is 1380. The Morgan fingerprint density at radius 3 is 2.26 bits per heavy atom. The molecule has 0 heterocycles. The molecule has 3 aromatic carbocycles. The first-order valence-corrected chi connectivity index (χ1v) is 14.8. The van der Waals surface area contributed by atoms with Gasteiger partial charge in [0.1, 0.15) is 18.3 Å². The molecule has 0 unspecified atom stereocenters. The van der Waals surface area contributed by atoms with Crippen molar-refractivity contribution in [2.75, 3.05) is 31.6 Å². The number of nitrogens with one attached hydrogen (secondary N) is 1. The Morgan fingerprint density at radius 1 is 1.03 bits per heavy atom. The predicted molar refractivity (Wildman–Crippen MR) is 156 cm³/mol. The highest BCUT2D eigenvalue weighted by atomic mass is 79.9. The van der Waals surface area contributed by atoms with Crippen LogP contribution in [0.3, 0.4) is 0 Å². The molecule has 0 radical (unpaired) electrons. The Hall–Kier alpha value is -3.37. The minimum atomic E-state index is -4.17. The van der Waals surface area contributed by atoms with Crippen molar-refractivity contribution in [1.82, 2.24) is 10.2 Å². The summed E-state index contributed by atoms with van der Waals surface area (Å²) in [5, 5.41) is 2.63. The van der Waals surface area contributed by atoms with E-state index < -0.39 is 28.5 Å². The summed E-state index contributed by atoms with van der Waals surface area (Å²) in [7, 11) is -1.15. The van der Waals surface area contributed by atoms with Gasteiger partial charge in [0, 0.05) is 13.6 Å². The number of carbonyl (C=O) groups excluding carboxylic acids is 2. The molecule has 8 nitrogen and oxygen atoms in total. The van der Waals surface area contributed by atoms with Gasteiger partial charge in [-0.25, -0.2) is 8.42 Å². The van der Waals surface area contributed by atoms with Gasteiger partial charge >= 0.3 is 0 Å². The highest BCUT2D eigenvalue weighted by Crippen LogP contribution is 2.31. The van der Waals surface area contributed by atoms with Gasteiger partial charge in [-0.2, -0.15) is 0 Å². The second kappa shape index (κ2) is 13.6. The Labute approximate surface area is 239 Å². The number of anilines is 1. The zero-order valence-electron chi connectivity index (χ0n) is 22.6. The Balaban J connectivity index is 2.02. The van der Waals surface area contributed by atoms with Crippen LogP contribution in [0.2, 0.25) is 0 Å². The molecule has 0 fully saturated rings. The molecule has 0 spiro atoms. The average molecular weight is 617 g/mol. The minimum Gasteiger partial charge on any atom is -0.496 e. The number of sulfonamides is 1. The summed E-state index contributed by atoms with van der Waals surface area (Å²) in [6.45, 7) is 3.50. The molecule has 0 saturated carbocycles. The largest absolute Gasteiger partial charge is 0.496 e. The van der Waals surface area contributed by atoms with Gasteiger partial charge in [0.25, 0.3) is 10.0 Å². The molecule has 3 aromatic rings. The summed E-state index contributed by atoms with van der Waals surface area (Å²) < 4.78 is 34.7. The van der Waals surface area contributed by atoms with E-state index >= 15 is 0 Å². The summed E-state index contributed by atoms with van der Waals surface area (Å²) >= 11 is 3.36. The van der Waals surface area contributed by atoms with E-state index in [1.165, 1.54) is 31.2 Å². The molecule has 0 aliphatic rings. The Morgan fingerprint density at radius 2 is 1.69 bits per heavy atom. The molecule has 0 aliphatic carbocycles. The fraction of sp³-hybridized carbons (Fsp3) is 0.310. The van der Waals surface area contributed by atoms with Crippen LogP contribution in [-0.4, -0.2) is 58.4 Å². The maximum atomic E-state index is 14.0. The third kappa shape index (κ3) is 7.39. The van der Waals surface area contributed by atoms with Gasteiger partial charge in [-0.1, -0.05) is 55.0 Å². The zero-order chi connectivity index (χ0) is 28.6. The Kier molecular flexibility index (Phi) is 10.5. The van der Waals surface area contributed by atoms with Crippen molar-refractivity contribution in [2.24, 2.45) is 0 Å². The predicted octanol–water partition coefficient (Wildman–Crippen LogP) is 4.56. The van der Waals surface area contributed by atoms with Gasteiger partial charge in [-0.15, -0.1) is 0 Å². The van der Waals surface area contributed by atoms with Crippen LogP contribution in [0.15, 0.2) is 82.2 Å². The maximum Gasteiger partial charge on any atom is 0.264 e. The summed E-state index contributed by atoms with van der Waals surface area (Å²) in [6, 6.07) is 20.3. The standard InChI is InChI=1S/C29H34BrN3O5S/c1-5-26(29(35)31-3)32(18-17-22-9-7-6-8-10-22)28(34)20-33(23-13-11-21(2)12-14-23)39(36,37)24-15-16-27(38-4)25(30)19-24/h6-16,19,26H,5,17-18,20H2,1-4H3,(H,31,35)/t26-/m0/s1. The van der Waals surface area contributed by atoms with Crippen LogP contribution in [0.4, 0.5) is 5.69 Å². The van der Waals surface area contributed by atoms with Crippen LogP contribution in [0.1, 0.15) is 24.5 Å². The molecule has 0 saturated heterocycles. The summed E-state index contributed by atoms with van der Waals surface area (Å²) in [4.78, 5) is 28.1. The maximum absolute atomic E-state index is 14.0. The van der Waals surface area contributed by atoms with E-state index in [1.54, 1.807) is 30.3 Å². The molecule has 0 bridgehead atoms. The number of ether oxygens (including phenoxy) is 1. The lowest BCUT2D eigenvalue weighted by Crippen LogP contribution is -2.52. The molecule has 208 valence electrons. The summed E-state index contributed by atoms with van der Waals surface area (Å²) in [5.74, 6) is -0.295. The molecule has 2 amide bonds. The molecule has 0 aromatic heterocycles. The quantitative estimate of drug-likeness (QED) is 0.322. The number of hydrogen-bond donors (Lipinski definition) is 1. The number of hydrogen-bond acceptors (Lipinski definition) is 5. The van der Waals surface area contributed by atoms with Crippen molar-refractivity contribution in [3.63, 3.8) is 0 Å². The first-order valence-electron chi connectivity index (χ1n) is 12.6. The second-order valence-corrected chi connectivity index (χ2v) is 11.7. The SMILES string of the molecule is CC[C@@H](C(=O)NC)N(CCc1ccccc1)C(=O)CN(c1ccc(C)cc1)S(=O)(=O)c1ccc(OC)c(Br)c1. The van der Waals surface area contributed by atoms with Gasteiger partial charge in [0.05, 0.1) is 22.2 Å². The number of likely N-dealkylation sites (N-methyl/N-ethyl adjacent to an activating group) is 1. The van der Waals surface area contributed by atoms with Crippen LogP contribution in [0.5, 0.6) is 5.75 Å². The monoisotopic (exact) mass is 615 g/mol. The third-order valence-electron chi connectivity index (χ3n) is 6.43. The van der Waals surface area contributed by atoms with E-state index in [0.29, 0.717) is 28.8 Å². The number of aryl methyl sites for hydroxylation is 1. The smallest absolute Gasteiger partial charge is 0.264 e. The molecule has 3 rings (SSSR count). The van der Waals surface area contributed by atoms with Gasteiger partial charge < -0.3 is 15.0 Å². The van der Waals surface area contributed by atoms with Gasteiger partial charge in [0.2, 0.25) is 11.8 Å². The van der Waals surface area contributed by atoms with E-state index in [4.69, 9.17) is 4.74 Å². The highest BCUT2D eigenvalue weighted by molar-refractivity contribution is 9.10. The van der Waals surface area contributed by atoms with Crippen molar-refractivity contribution in [2.45, 2.75) is 37.6 Å². The molecule has 10 heteroatoms. The van der Waals surface area contributed by atoms with Crippen LogP contribution in [0, 0.1) is 6.92 Å². The normalized spacial score (nSPS) is 11.9. The second-order valence-electron chi connectivity index (χ2n) is 9.00. The fourth-order valence-electron chi connectivity index (χ4n) is 4.24. The van der Waals surface area contributed by atoms with Crippen LogP contribution >= 0.6 is 15.9 Å². The number of carbonyl (C=O) groups is 2. The lowest BCUT2D eigenvalue weighted by Gasteiger charge is -2.33. The lowest BCUT2D eigenvalue weighted by atomic mass is 10.1. The molecular weight excluding hydrogens is 582 g/mol. The van der Waals surface area contributed by atoms with Crippen molar-refractivity contribution in [1.29, 1.82) is 0 Å². The zero-order valence-corrected chi connectivity index (χ0v) is 25.0. The van der Waals surface area contributed by atoms with Crippen LogP contribution in [0.25, 0.3) is 0 Å². The van der Waals surface area contributed by atoms with E-state index in [9.17, 15) is 18.0 Å². The molecule has 0 aliphatic heterocycles. The fourth-order valence-corrected chi connectivity index (χ4v) is 6.37.